The number of rotatable bonds is 5. The van der Waals surface area contributed by atoms with Gasteiger partial charge < -0.3 is 11.1 Å². The van der Waals surface area contributed by atoms with Gasteiger partial charge in [0.05, 0.1) is 17.0 Å². The molecule has 1 heterocycles. The van der Waals surface area contributed by atoms with Crippen LogP contribution < -0.4 is 16.6 Å². The van der Waals surface area contributed by atoms with Gasteiger partial charge in [-0.15, -0.1) is 0 Å². The summed E-state index contributed by atoms with van der Waals surface area (Å²) in [7, 11) is 0. The molecule has 28 heavy (non-hydrogen) atoms. The van der Waals surface area contributed by atoms with Gasteiger partial charge in [-0.1, -0.05) is 36.0 Å². The molecule has 140 valence electrons. The lowest BCUT2D eigenvalue weighted by molar-refractivity contribution is -0.113. The number of nitrogens with two attached hydrogens (primary N) is 1. The summed E-state index contributed by atoms with van der Waals surface area (Å²) in [5.41, 5.74) is 8.16. The van der Waals surface area contributed by atoms with E-state index in [4.69, 9.17) is 11.0 Å². The lowest BCUT2D eigenvalue weighted by Gasteiger charge is -2.15. The van der Waals surface area contributed by atoms with Crippen molar-refractivity contribution < 1.29 is 4.79 Å². The first kappa shape index (κ1) is 19.2. The monoisotopic (exact) mass is 391 g/mol. The van der Waals surface area contributed by atoms with Crippen LogP contribution in [0, 0.1) is 18.3 Å². The molecule has 0 aliphatic carbocycles. The van der Waals surface area contributed by atoms with E-state index in [9.17, 15) is 9.59 Å². The Morgan fingerprint density at radius 1 is 1.25 bits per heavy atom. The van der Waals surface area contributed by atoms with Crippen LogP contribution in [0.2, 0.25) is 0 Å². The molecule has 0 bridgehead atoms. The average Bonchev–Trinajstić information content (AvgIpc) is 2.66. The zero-order chi connectivity index (χ0) is 20.1. The van der Waals surface area contributed by atoms with Crippen molar-refractivity contribution >= 4 is 29.2 Å². The molecule has 0 aliphatic rings. The molecule has 0 aliphatic heterocycles. The average molecular weight is 391 g/mol. The smallest absolute Gasteiger partial charge is 0.275 e. The van der Waals surface area contributed by atoms with Gasteiger partial charge in [0.1, 0.15) is 11.9 Å². The predicted molar refractivity (Wildman–Crippen MR) is 109 cm³/mol. The molecule has 3 N–H and O–H groups in total. The maximum Gasteiger partial charge on any atom is 0.275 e. The molecule has 3 rings (SSSR count). The number of aromatic nitrogens is 2. The predicted octanol–water partition coefficient (Wildman–Crippen LogP) is 2.73. The molecule has 1 amide bonds. The number of nitrogens with one attached hydrogen (secondary N) is 1. The molecule has 1 aromatic heterocycles. The number of aryl methyl sites for hydroxylation is 1. The Morgan fingerprint density at radius 2 is 2.04 bits per heavy atom. The van der Waals surface area contributed by atoms with Crippen LogP contribution in [-0.2, 0) is 4.79 Å². The fraction of sp³-hybridized carbons (Fsp3) is 0.100. The van der Waals surface area contributed by atoms with E-state index >= 15 is 0 Å². The third-order valence-electron chi connectivity index (χ3n) is 3.84. The van der Waals surface area contributed by atoms with Gasteiger partial charge in [-0.05, 0) is 36.8 Å². The minimum Gasteiger partial charge on any atom is -0.385 e. The number of nitrogen functional groups attached to an aromatic ring is 1. The summed E-state index contributed by atoms with van der Waals surface area (Å²) in [6, 6.07) is 17.6. The van der Waals surface area contributed by atoms with Crippen LogP contribution in [0.5, 0.6) is 0 Å². The van der Waals surface area contributed by atoms with Crippen molar-refractivity contribution in [3.63, 3.8) is 0 Å². The Bertz CT molecular complexity index is 1130. The summed E-state index contributed by atoms with van der Waals surface area (Å²) in [5.74, 6) is -0.0786. The molecule has 0 spiro atoms. The van der Waals surface area contributed by atoms with Gasteiger partial charge in [-0.3, -0.25) is 14.2 Å². The normalized spacial score (nSPS) is 10.3. The van der Waals surface area contributed by atoms with Crippen LogP contribution in [0.4, 0.5) is 11.5 Å². The second-order valence-electron chi connectivity index (χ2n) is 5.97. The Kier molecular flexibility index (Phi) is 5.77. The summed E-state index contributed by atoms with van der Waals surface area (Å²) in [6.07, 6.45) is 0. The van der Waals surface area contributed by atoms with E-state index in [-0.39, 0.29) is 17.5 Å². The summed E-state index contributed by atoms with van der Waals surface area (Å²) in [6.45, 7) is 1.95. The SMILES string of the molecule is Cc1cccc(-n2c(N)cc(=O)nc2SCC(=O)Nc2ccccc2C#N)c1. The quantitative estimate of drug-likeness (QED) is 0.511. The van der Waals surface area contributed by atoms with Crippen LogP contribution in [0.25, 0.3) is 5.69 Å². The maximum atomic E-state index is 12.3. The highest BCUT2D eigenvalue weighted by Gasteiger charge is 2.13. The summed E-state index contributed by atoms with van der Waals surface area (Å²) >= 11 is 1.09. The number of hydrogen-bond donors (Lipinski definition) is 2. The Hall–Kier alpha value is -3.57. The fourth-order valence-corrected chi connectivity index (χ4v) is 3.43. The van der Waals surface area contributed by atoms with E-state index in [0.717, 1.165) is 23.0 Å². The third kappa shape index (κ3) is 4.39. The lowest BCUT2D eigenvalue weighted by atomic mass is 10.2. The second-order valence-corrected chi connectivity index (χ2v) is 6.91. The largest absolute Gasteiger partial charge is 0.385 e. The van der Waals surface area contributed by atoms with Gasteiger partial charge in [-0.25, -0.2) is 0 Å². The second kappa shape index (κ2) is 8.41. The van der Waals surface area contributed by atoms with Gasteiger partial charge in [0.15, 0.2) is 5.16 Å². The minimum absolute atomic E-state index is 0.00146. The van der Waals surface area contributed by atoms with Gasteiger partial charge >= 0.3 is 0 Å². The number of para-hydroxylation sites is 1. The number of nitriles is 1. The molecule has 0 radical (unpaired) electrons. The number of thioether (sulfide) groups is 1. The number of carbonyl (C=O) groups is 1. The van der Waals surface area contributed by atoms with E-state index in [1.165, 1.54) is 6.07 Å². The fourth-order valence-electron chi connectivity index (χ4n) is 2.61. The molecule has 2 aromatic carbocycles. The van der Waals surface area contributed by atoms with Crippen LogP contribution >= 0.6 is 11.8 Å². The van der Waals surface area contributed by atoms with E-state index in [2.05, 4.69) is 10.3 Å². The van der Waals surface area contributed by atoms with Gasteiger partial charge in [0.25, 0.3) is 5.56 Å². The van der Waals surface area contributed by atoms with Gasteiger partial charge in [0, 0.05) is 11.8 Å². The van der Waals surface area contributed by atoms with Crippen LogP contribution in [0.1, 0.15) is 11.1 Å². The van der Waals surface area contributed by atoms with Crippen molar-refractivity contribution in [3.8, 4) is 11.8 Å². The number of hydrogen-bond acceptors (Lipinski definition) is 6. The molecule has 0 unspecified atom stereocenters. The summed E-state index contributed by atoms with van der Waals surface area (Å²) < 4.78 is 1.63. The van der Waals surface area contributed by atoms with Crippen molar-refractivity contribution in [1.82, 2.24) is 9.55 Å². The van der Waals surface area contributed by atoms with Crippen LogP contribution in [-0.4, -0.2) is 21.2 Å². The number of nitrogens with zero attached hydrogens (tertiary/aromatic N) is 3. The summed E-state index contributed by atoms with van der Waals surface area (Å²) in [5, 5.41) is 12.1. The molecule has 0 atom stereocenters. The topological polar surface area (TPSA) is 114 Å². The Morgan fingerprint density at radius 3 is 2.79 bits per heavy atom. The van der Waals surface area contributed by atoms with E-state index in [1.54, 1.807) is 28.8 Å². The summed E-state index contributed by atoms with van der Waals surface area (Å²) in [4.78, 5) is 28.2. The molecule has 0 saturated carbocycles. The molecule has 0 saturated heterocycles. The first-order chi connectivity index (χ1) is 13.5. The zero-order valence-corrected chi connectivity index (χ0v) is 15.9. The van der Waals surface area contributed by atoms with Gasteiger partial charge in [-0.2, -0.15) is 10.2 Å². The van der Waals surface area contributed by atoms with Crippen molar-refractivity contribution in [2.24, 2.45) is 0 Å². The standard InChI is InChI=1S/C20H17N5O2S/c1-13-5-4-7-15(9-13)25-17(22)10-18(26)24-20(25)28-12-19(27)23-16-8-3-2-6-14(16)11-21/h2-10H,12,22H2,1H3,(H,23,27). The number of anilines is 2. The van der Waals surface area contributed by atoms with Crippen LogP contribution in [0.3, 0.4) is 0 Å². The highest BCUT2D eigenvalue weighted by Crippen LogP contribution is 2.23. The van der Waals surface area contributed by atoms with Crippen molar-refractivity contribution in [1.29, 1.82) is 5.26 Å². The lowest BCUT2D eigenvalue weighted by Crippen LogP contribution is -2.19. The Labute approximate surface area is 165 Å². The highest BCUT2D eigenvalue weighted by molar-refractivity contribution is 7.99. The van der Waals surface area contributed by atoms with Crippen LogP contribution in [0.15, 0.2) is 64.5 Å². The first-order valence-electron chi connectivity index (χ1n) is 8.36. The first-order valence-corrected chi connectivity index (χ1v) is 9.35. The third-order valence-corrected chi connectivity index (χ3v) is 4.78. The van der Waals surface area contributed by atoms with E-state index in [1.807, 2.05) is 37.3 Å². The molecule has 0 fully saturated rings. The molecular formula is C20H17N5O2S. The number of amides is 1. The van der Waals surface area contributed by atoms with Crippen molar-refractivity contribution in [2.75, 3.05) is 16.8 Å². The number of benzene rings is 2. The zero-order valence-electron chi connectivity index (χ0n) is 15.0. The Balaban J connectivity index is 1.84. The number of carbonyl (C=O) groups excluding carboxylic acids is 1. The van der Waals surface area contributed by atoms with Crippen molar-refractivity contribution in [2.45, 2.75) is 12.1 Å². The van der Waals surface area contributed by atoms with Crippen molar-refractivity contribution in [3.05, 3.63) is 76.1 Å². The van der Waals surface area contributed by atoms with E-state index < -0.39 is 5.56 Å². The highest BCUT2D eigenvalue weighted by atomic mass is 32.2. The minimum atomic E-state index is -0.473. The van der Waals surface area contributed by atoms with E-state index in [0.29, 0.717) is 16.4 Å². The molecule has 7 nitrogen and oxygen atoms in total. The maximum absolute atomic E-state index is 12.3. The molecular weight excluding hydrogens is 374 g/mol. The molecule has 8 heteroatoms. The van der Waals surface area contributed by atoms with Gasteiger partial charge in [0.2, 0.25) is 5.91 Å². The molecule has 3 aromatic rings.